The molecule has 1 aromatic carbocycles. The van der Waals surface area contributed by atoms with Crippen LogP contribution in [0.1, 0.15) is 129 Å². The van der Waals surface area contributed by atoms with Crippen molar-refractivity contribution in [3.05, 3.63) is 35.9 Å². The molecule has 0 spiro atoms. The Morgan fingerprint density at radius 3 is 1.62 bits per heavy atom. The van der Waals surface area contributed by atoms with Crippen molar-refractivity contribution in [2.24, 2.45) is 0 Å². The lowest BCUT2D eigenvalue weighted by atomic mass is 10.0. The van der Waals surface area contributed by atoms with Gasteiger partial charge in [0.1, 0.15) is 4.75 Å². The van der Waals surface area contributed by atoms with Crippen LogP contribution in [0.3, 0.4) is 0 Å². The molecule has 0 amide bonds. The molecule has 0 saturated heterocycles. The van der Waals surface area contributed by atoms with Gasteiger partial charge in [-0.15, -0.1) is 11.8 Å². The van der Waals surface area contributed by atoms with E-state index in [0.717, 1.165) is 12.2 Å². The molecule has 0 aromatic heterocycles. The molecule has 0 bridgehead atoms. The normalized spacial score (nSPS) is 11.6. The van der Waals surface area contributed by atoms with Gasteiger partial charge in [-0.2, -0.15) is 0 Å². The first-order valence-electron chi connectivity index (χ1n) is 13.4. The summed E-state index contributed by atoms with van der Waals surface area (Å²) in [5.74, 6) is 0.751. The van der Waals surface area contributed by atoms with E-state index in [1.807, 2.05) is 32.0 Å². The Hall–Kier alpha value is -0.960. The van der Waals surface area contributed by atoms with Crippen LogP contribution in [-0.4, -0.2) is 17.3 Å². The number of carbonyl (C=O) groups excluding carboxylic acids is 1. The van der Waals surface area contributed by atoms with Gasteiger partial charge in [-0.05, 0) is 25.8 Å². The molecular formula is C29H50O2S. The summed E-state index contributed by atoms with van der Waals surface area (Å²) in [5.41, 5.74) is 1.25. The van der Waals surface area contributed by atoms with Gasteiger partial charge in [0.2, 0.25) is 0 Å². The summed E-state index contributed by atoms with van der Waals surface area (Å²) < 4.78 is 5.06. The molecule has 0 saturated carbocycles. The molecule has 1 rings (SSSR count). The Bertz CT molecular complexity index is 556. The molecule has 0 aliphatic heterocycles. The maximum atomic E-state index is 12.4. The Labute approximate surface area is 203 Å². The van der Waals surface area contributed by atoms with Crippen molar-refractivity contribution in [3.8, 4) is 0 Å². The highest BCUT2D eigenvalue weighted by atomic mass is 32.2. The first-order valence-corrected chi connectivity index (χ1v) is 14.4. The van der Waals surface area contributed by atoms with Crippen molar-refractivity contribution in [1.29, 1.82) is 0 Å². The first-order chi connectivity index (χ1) is 15.6. The van der Waals surface area contributed by atoms with Crippen LogP contribution in [0.4, 0.5) is 0 Å². The third kappa shape index (κ3) is 15.8. The Morgan fingerprint density at radius 2 is 1.16 bits per heavy atom. The van der Waals surface area contributed by atoms with Crippen molar-refractivity contribution in [2.45, 2.75) is 134 Å². The van der Waals surface area contributed by atoms with Crippen LogP contribution < -0.4 is 0 Å². The summed E-state index contributed by atoms with van der Waals surface area (Å²) in [7, 11) is 0. The van der Waals surface area contributed by atoms with Crippen molar-refractivity contribution >= 4 is 17.7 Å². The molecule has 184 valence electrons. The molecule has 2 nitrogen and oxygen atoms in total. The van der Waals surface area contributed by atoms with Crippen LogP contribution in [0.15, 0.2) is 30.3 Å². The molecule has 0 N–H and O–H groups in total. The SMILES string of the molecule is CCCCCCCCCCCCCCCCCCOC(=O)C(C)(C)SCc1ccccc1. The number of ether oxygens (including phenoxy) is 1. The predicted octanol–water partition coefficient (Wildman–Crippen LogP) is 9.50. The van der Waals surface area contributed by atoms with Gasteiger partial charge in [0.15, 0.2) is 0 Å². The Kier molecular flexibility index (Phi) is 17.7. The zero-order chi connectivity index (χ0) is 23.3. The molecule has 0 aliphatic carbocycles. The average Bonchev–Trinajstić information content (AvgIpc) is 2.80. The molecule has 0 radical (unpaired) electrons. The van der Waals surface area contributed by atoms with Crippen LogP contribution in [0.25, 0.3) is 0 Å². The van der Waals surface area contributed by atoms with Gasteiger partial charge in [0.05, 0.1) is 6.61 Å². The Morgan fingerprint density at radius 1 is 0.719 bits per heavy atom. The monoisotopic (exact) mass is 462 g/mol. The zero-order valence-corrected chi connectivity index (χ0v) is 22.2. The third-order valence-corrected chi connectivity index (χ3v) is 7.53. The first kappa shape index (κ1) is 29.1. The number of thioether (sulfide) groups is 1. The molecular weight excluding hydrogens is 412 g/mol. The molecule has 0 aliphatic rings. The topological polar surface area (TPSA) is 26.3 Å². The second kappa shape index (κ2) is 19.5. The molecule has 3 heteroatoms. The minimum atomic E-state index is -0.495. The molecule has 0 fully saturated rings. The quantitative estimate of drug-likeness (QED) is 0.134. The van der Waals surface area contributed by atoms with Crippen molar-refractivity contribution in [2.75, 3.05) is 6.61 Å². The maximum Gasteiger partial charge on any atom is 0.321 e. The summed E-state index contributed by atoms with van der Waals surface area (Å²) in [5, 5.41) is 0. The minimum Gasteiger partial charge on any atom is -0.465 e. The van der Waals surface area contributed by atoms with E-state index in [2.05, 4.69) is 19.1 Å². The lowest BCUT2D eigenvalue weighted by Gasteiger charge is -2.22. The van der Waals surface area contributed by atoms with Crippen LogP contribution in [0, 0.1) is 0 Å². The van der Waals surface area contributed by atoms with Gasteiger partial charge < -0.3 is 4.74 Å². The highest BCUT2D eigenvalue weighted by Gasteiger charge is 2.29. The van der Waals surface area contributed by atoms with E-state index in [0.29, 0.717) is 6.61 Å². The number of hydrogen-bond acceptors (Lipinski definition) is 3. The molecule has 1 aromatic rings. The largest absolute Gasteiger partial charge is 0.465 e. The van der Waals surface area contributed by atoms with E-state index in [9.17, 15) is 4.79 Å². The summed E-state index contributed by atoms with van der Waals surface area (Å²) in [6, 6.07) is 10.3. The van der Waals surface area contributed by atoms with Crippen LogP contribution in [-0.2, 0) is 15.3 Å². The van der Waals surface area contributed by atoms with E-state index < -0.39 is 4.75 Å². The van der Waals surface area contributed by atoms with Gasteiger partial charge >= 0.3 is 5.97 Å². The highest BCUT2D eigenvalue weighted by molar-refractivity contribution is 8.00. The fourth-order valence-electron chi connectivity index (χ4n) is 3.89. The van der Waals surface area contributed by atoms with Crippen LogP contribution in [0.2, 0.25) is 0 Å². The molecule has 0 atom stereocenters. The number of carbonyl (C=O) groups is 1. The van der Waals surface area contributed by atoms with E-state index >= 15 is 0 Å². The lowest BCUT2D eigenvalue weighted by molar-refractivity contribution is -0.145. The van der Waals surface area contributed by atoms with Gasteiger partial charge in [0.25, 0.3) is 0 Å². The number of esters is 1. The number of benzene rings is 1. The van der Waals surface area contributed by atoms with Crippen LogP contribution in [0.5, 0.6) is 0 Å². The van der Waals surface area contributed by atoms with Crippen molar-refractivity contribution < 1.29 is 9.53 Å². The maximum absolute atomic E-state index is 12.4. The van der Waals surface area contributed by atoms with E-state index in [1.165, 1.54) is 102 Å². The average molecular weight is 463 g/mol. The minimum absolute atomic E-state index is 0.0839. The molecule has 32 heavy (non-hydrogen) atoms. The fraction of sp³-hybridized carbons (Fsp3) is 0.759. The summed E-state index contributed by atoms with van der Waals surface area (Å²) >= 11 is 1.65. The third-order valence-electron chi connectivity index (χ3n) is 6.17. The van der Waals surface area contributed by atoms with Crippen molar-refractivity contribution in [1.82, 2.24) is 0 Å². The summed E-state index contributed by atoms with van der Waals surface area (Å²) in [6.07, 6.45) is 21.7. The van der Waals surface area contributed by atoms with Gasteiger partial charge in [-0.3, -0.25) is 4.79 Å². The number of rotatable bonds is 21. The standard InChI is InChI=1S/C29H50O2S/c1-4-5-6-7-8-9-10-11-12-13-14-15-16-17-18-22-25-31-28(30)29(2,3)32-26-27-23-20-19-21-24-27/h19-21,23-24H,4-18,22,25-26H2,1-3H3. The summed E-state index contributed by atoms with van der Waals surface area (Å²) in [4.78, 5) is 12.4. The van der Waals surface area contributed by atoms with Crippen molar-refractivity contribution in [3.63, 3.8) is 0 Å². The number of unbranched alkanes of at least 4 members (excludes halogenated alkanes) is 15. The predicted molar refractivity (Wildman–Crippen MR) is 142 cm³/mol. The van der Waals surface area contributed by atoms with E-state index in [1.54, 1.807) is 11.8 Å². The lowest BCUT2D eigenvalue weighted by Crippen LogP contribution is -2.30. The van der Waals surface area contributed by atoms with Gasteiger partial charge in [-0.1, -0.05) is 134 Å². The van der Waals surface area contributed by atoms with Gasteiger partial charge in [0, 0.05) is 5.75 Å². The fourth-order valence-corrected chi connectivity index (χ4v) is 4.78. The highest BCUT2D eigenvalue weighted by Crippen LogP contribution is 2.29. The van der Waals surface area contributed by atoms with Gasteiger partial charge in [-0.25, -0.2) is 0 Å². The Balaban J connectivity index is 1.87. The van der Waals surface area contributed by atoms with Crippen LogP contribution >= 0.6 is 11.8 Å². The molecule has 0 unspecified atom stereocenters. The second-order valence-corrected chi connectivity index (χ2v) is 11.3. The number of hydrogen-bond donors (Lipinski definition) is 0. The zero-order valence-electron chi connectivity index (χ0n) is 21.3. The van der Waals surface area contributed by atoms with E-state index in [4.69, 9.17) is 4.74 Å². The smallest absolute Gasteiger partial charge is 0.321 e. The summed E-state index contributed by atoms with van der Waals surface area (Å²) in [6.45, 7) is 6.78. The molecule has 0 heterocycles. The second-order valence-electron chi connectivity index (χ2n) is 9.72. The van der Waals surface area contributed by atoms with E-state index in [-0.39, 0.29) is 5.97 Å².